The largest absolute Gasteiger partial charge is 0.494 e. The monoisotopic (exact) mass is 410 g/mol. The molecule has 0 radical (unpaired) electrons. The molecular weight excluding hydrogens is 387 g/mol. The minimum absolute atomic E-state index is 0.00430. The van der Waals surface area contributed by atoms with E-state index in [1.807, 2.05) is 6.92 Å². The first kappa shape index (κ1) is 20.3. The van der Waals surface area contributed by atoms with E-state index in [0.29, 0.717) is 18.6 Å². The Morgan fingerprint density at radius 3 is 2.39 bits per heavy atom. The van der Waals surface area contributed by atoms with Crippen LogP contribution in [0.5, 0.6) is 11.5 Å². The molecule has 7 nitrogen and oxygen atoms in total. The smallest absolute Gasteiger partial charge is 0.254 e. The lowest BCUT2D eigenvalue weighted by Gasteiger charge is -2.31. The number of aromatic nitrogens is 1. The summed E-state index contributed by atoms with van der Waals surface area (Å²) < 4.78 is 53.0. The number of sulfonamides is 1. The lowest BCUT2D eigenvalue weighted by molar-refractivity contribution is 0.134. The summed E-state index contributed by atoms with van der Waals surface area (Å²) in [5.74, 6) is -0.239. The van der Waals surface area contributed by atoms with Gasteiger partial charge in [0.05, 0.1) is 12.0 Å². The van der Waals surface area contributed by atoms with E-state index in [1.165, 1.54) is 34.2 Å². The van der Waals surface area contributed by atoms with Gasteiger partial charge in [0.25, 0.3) is 5.56 Å². The van der Waals surface area contributed by atoms with Crippen LogP contribution in [-0.4, -0.2) is 43.6 Å². The molecule has 0 amide bonds. The van der Waals surface area contributed by atoms with Crippen molar-refractivity contribution in [3.05, 3.63) is 52.2 Å². The highest BCUT2D eigenvalue weighted by atomic mass is 32.2. The van der Waals surface area contributed by atoms with E-state index < -0.39 is 15.8 Å². The van der Waals surface area contributed by atoms with Crippen molar-refractivity contribution in [2.24, 2.45) is 7.05 Å². The summed E-state index contributed by atoms with van der Waals surface area (Å²) in [6.07, 6.45) is 0.767. The van der Waals surface area contributed by atoms with Crippen molar-refractivity contribution in [1.29, 1.82) is 0 Å². The lowest BCUT2D eigenvalue weighted by Crippen LogP contribution is -2.41. The molecule has 1 saturated heterocycles. The normalized spacial score (nSPS) is 16.1. The summed E-state index contributed by atoms with van der Waals surface area (Å²) in [6, 6.07) is 6.82. The highest BCUT2D eigenvalue weighted by Gasteiger charge is 2.31. The molecule has 1 aliphatic heterocycles. The summed E-state index contributed by atoms with van der Waals surface area (Å²) in [5.41, 5.74) is 0.626. The maximum absolute atomic E-state index is 13.9. The lowest BCUT2D eigenvalue weighted by atomic mass is 10.1. The zero-order valence-electron chi connectivity index (χ0n) is 16.0. The van der Waals surface area contributed by atoms with Crippen molar-refractivity contribution in [2.45, 2.75) is 30.8 Å². The zero-order valence-corrected chi connectivity index (χ0v) is 16.8. The number of aryl methyl sites for hydroxylation is 1. The van der Waals surface area contributed by atoms with Crippen LogP contribution in [0.2, 0.25) is 0 Å². The number of ether oxygens (including phenoxy) is 2. The van der Waals surface area contributed by atoms with E-state index in [9.17, 15) is 17.6 Å². The van der Waals surface area contributed by atoms with E-state index in [1.54, 1.807) is 13.1 Å². The number of pyridine rings is 1. The van der Waals surface area contributed by atoms with Crippen LogP contribution in [-0.2, 0) is 17.1 Å². The third-order valence-electron chi connectivity index (χ3n) is 4.94. The molecule has 28 heavy (non-hydrogen) atoms. The van der Waals surface area contributed by atoms with Crippen molar-refractivity contribution in [3.8, 4) is 11.5 Å². The molecule has 0 aliphatic carbocycles. The number of hydrogen-bond acceptors (Lipinski definition) is 5. The second-order valence-electron chi connectivity index (χ2n) is 6.75. The molecule has 1 fully saturated rings. The Bertz CT molecular complexity index is 1030. The molecule has 0 atom stereocenters. The number of nitrogens with zero attached hydrogens (tertiary/aromatic N) is 2. The molecule has 9 heteroatoms. The minimum Gasteiger partial charge on any atom is -0.494 e. The number of methoxy groups -OCH3 is 1. The summed E-state index contributed by atoms with van der Waals surface area (Å²) >= 11 is 0. The van der Waals surface area contributed by atoms with Gasteiger partial charge >= 0.3 is 0 Å². The van der Waals surface area contributed by atoms with Gasteiger partial charge in [-0.3, -0.25) is 4.79 Å². The summed E-state index contributed by atoms with van der Waals surface area (Å²) in [4.78, 5) is 11.8. The Balaban J connectivity index is 1.68. The Morgan fingerprint density at radius 2 is 1.82 bits per heavy atom. The maximum Gasteiger partial charge on any atom is 0.254 e. The summed E-state index contributed by atoms with van der Waals surface area (Å²) in [7, 11) is -0.788. The van der Waals surface area contributed by atoms with Gasteiger partial charge < -0.3 is 14.0 Å². The van der Waals surface area contributed by atoms with E-state index in [2.05, 4.69) is 0 Å². The Hall–Kier alpha value is -2.39. The average Bonchev–Trinajstić information content (AvgIpc) is 2.66. The fourth-order valence-electron chi connectivity index (χ4n) is 3.14. The van der Waals surface area contributed by atoms with Crippen molar-refractivity contribution < 1.29 is 22.3 Å². The first-order chi connectivity index (χ1) is 13.2. The topological polar surface area (TPSA) is 77.8 Å². The molecule has 0 spiro atoms. The predicted molar refractivity (Wildman–Crippen MR) is 102 cm³/mol. The van der Waals surface area contributed by atoms with Gasteiger partial charge in [-0.1, -0.05) is 0 Å². The Morgan fingerprint density at radius 1 is 1.14 bits per heavy atom. The third-order valence-corrected chi connectivity index (χ3v) is 6.84. The SMILES string of the molecule is COc1ccc(S(=O)(=O)N2CCC(Oc3cc(C)n(C)c(=O)c3)CC2)cc1F. The molecule has 0 unspecified atom stereocenters. The minimum atomic E-state index is -3.80. The van der Waals surface area contributed by atoms with Gasteiger partial charge in [0.15, 0.2) is 11.6 Å². The van der Waals surface area contributed by atoms with Crippen LogP contribution in [0, 0.1) is 12.7 Å². The van der Waals surface area contributed by atoms with E-state index in [-0.39, 0.29) is 35.4 Å². The number of hydrogen-bond donors (Lipinski definition) is 0. The molecule has 2 heterocycles. The molecule has 3 rings (SSSR count). The molecule has 0 bridgehead atoms. The average molecular weight is 410 g/mol. The van der Waals surface area contributed by atoms with Crippen molar-refractivity contribution in [1.82, 2.24) is 8.87 Å². The Labute approximate surface area is 163 Å². The van der Waals surface area contributed by atoms with Gasteiger partial charge in [-0.2, -0.15) is 4.31 Å². The summed E-state index contributed by atoms with van der Waals surface area (Å²) in [5, 5.41) is 0. The number of rotatable bonds is 5. The van der Waals surface area contributed by atoms with Crippen molar-refractivity contribution >= 4 is 10.0 Å². The van der Waals surface area contributed by atoms with E-state index in [4.69, 9.17) is 9.47 Å². The molecule has 0 N–H and O–H groups in total. The van der Waals surface area contributed by atoms with Crippen molar-refractivity contribution in [3.63, 3.8) is 0 Å². The Kier molecular flexibility index (Phi) is 5.76. The van der Waals surface area contributed by atoms with E-state index >= 15 is 0 Å². The third kappa shape index (κ3) is 4.05. The van der Waals surface area contributed by atoms with E-state index in [0.717, 1.165) is 11.8 Å². The second kappa shape index (κ2) is 7.92. The second-order valence-corrected chi connectivity index (χ2v) is 8.69. The number of piperidine rings is 1. The first-order valence-corrected chi connectivity index (χ1v) is 10.3. The fraction of sp³-hybridized carbons (Fsp3) is 0.421. The first-order valence-electron chi connectivity index (χ1n) is 8.90. The van der Waals surface area contributed by atoms with Crippen LogP contribution < -0.4 is 15.0 Å². The fourth-order valence-corrected chi connectivity index (χ4v) is 4.63. The van der Waals surface area contributed by atoms with Gasteiger partial charge in [-0.15, -0.1) is 0 Å². The molecule has 1 aromatic heterocycles. The zero-order chi connectivity index (χ0) is 20.5. The predicted octanol–water partition coefficient (Wildman–Crippen LogP) is 2.07. The summed E-state index contributed by atoms with van der Waals surface area (Å²) in [6.45, 7) is 2.33. The van der Waals surface area contributed by atoms with Gasteiger partial charge in [0, 0.05) is 31.9 Å². The van der Waals surface area contributed by atoms with Crippen molar-refractivity contribution in [2.75, 3.05) is 20.2 Å². The van der Waals surface area contributed by atoms with Crippen LogP contribution in [0.4, 0.5) is 4.39 Å². The van der Waals surface area contributed by atoms with Gasteiger partial charge in [0.1, 0.15) is 11.9 Å². The number of halogens is 1. The number of benzene rings is 1. The standard InChI is InChI=1S/C19H23FN2O5S/c1-13-10-15(11-19(23)21(13)2)27-14-6-8-22(9-7-14)28(24,25)16-4-5-18(26-3)17(20)12-16/h4-5,10-12,14H,6-9H2,1-3H3. The van der Waals surface area contributed by atoms with Gasteiger partial charge in [0.2, 0.25) is 10.0 Å². The highest BCUT2D eigenvalue weighted by Crippen LogP contribution is 2.26. The van der Waals surface area contributed by atoms with Crippen LogP contribution >= 0.6 is 0 Å². The van der Waals surface area contributed by atoms with Crippen LogP contribution in [0.1, 0.15) is 18.5 Å². The van der Waals surface area contributed by atoms with Crippen LogP contribution in [0.15, 0.2) is 40.0 Å². The molecule has 1 aromatic carbocycles. The molecule has 0 saturated carbocycles. The van der Waals surface area contributed by atoms with Crippen LogP contribution in [0.3, 0.4) is 0 Å². The van der Waals surface area contributed by atoms with Gasteiger partial charge in [-0.25, -0.2) is 12.8 Å². The quantitative estimate of drug-likeness (QED) is 0.754. The molecular formula is C19H23FN2O5S. The highest BCUT2D eigenvalue weighted by molar-refractivity contribution is 7.89. The molecule has 2 aromatic rings. The maximum atomic E-state index is 13.9. The molecule has 152 valence electrons. The molecule has 1 aliphatic rings. The van der Waals surface area contributed by atoms with Crippen LogP contribution in [0.25, 0.3) is 0 Å². The van der Waals surface area contributed by atoms with Gasteiger partial charge in [-0.05, 0) is 44.0 Å².